The number of rotatable bonds is 4. The molecule has 1 aromatic carbocycles. The Kier molecular flexibility index (Phi) is 7.47. The number of benzene rings is 1. The Morgan fingerprint density at radius 2 is 1.84 bits per heavy atom. The Morgan fingerprint density at radius 3 is 2.62 bits per heavy atom. The molecular weight excluding hydrogens is 617 g/mol. The lowest BCUT2D eigenvalue weighted by atomic mass is 9.97. The van der Waals surface area contributed by atoms with Crippen molar-refractivity contribution in [2.75, 3.05) is 5.32 Å². The quantitative estimate of drug-likeness (QED) is 0.269. The van der Waals surface area contributed by atoms with Gasteiger partial charge in [0.15, 0.2) is 5.15 Å². The molecule has 7 rings (SSSR count). The number of hydrogen-bond acceptors (Lipinski definition) is 8. The van der Waals surface area contributed by atoms with Crippen molar-refractivity contribution in [1.82, 2.24) is 49.5 Å². The van der Waals surface area contributed by atoms with Crippen molar-refractivity contribution in [2.24, 2.45) is 5.92 Å². The van der Waals surface area contributed by atoms with Crippen LogP contribution >= 0.6 is 23.2 Å². The predicted octanol–water partition coefficient (Wildman–Crippen LogP) is 5.12. The third-order valence-electron chi connectivity index (χ3n) is 7.78. The molecule has 0 fully saturated rings. The topological polar surface area (TPSA) is 154 Å². The zero-order valence-electron chi connectivity index (χ0n) is 23.8. The molecule has 1 aliphatic rings. The second-order valence-electron chi connectivity index (χ2n) is 10.8. The molecule has 226 valence electrons. The number of anilines is 1. The Balaban J connectivity index is 1.31. The average Bonchev–Trinajstić information content (AvgIpc) is 3.81. The number of aromatic amines is 1. The van der Waals surface area contributed by atoms with Gasteiger partial charge in [-0.3, -0.25) is 24.2 Å². The highest BCUT2D eigenvalue weighted by Gasteiger charge is 2.24. The molecule has 2 unspecified atom stereocenters. The van der Waals surface area contributed by atoms with Crippen LogP contribution in [0.2, 0.25) is 10.2 Å². The van der Waals surface area contributed by atoms with E-state index < -0.39 is 6.04 Å². The molecule has 2 bridgehead atoms. The molecule has 0 spiro atoms. The molecule has 0 saturated heterocycles. The van der Waals surface area contributed by atoms with Crippen molar-refractivity contribution in [3.05, 3.63) is 99.8 Å². The van der Waals surface area contributed by atoms with Gasteiger partial charge < -0.3 is 5.32 Å². The van der Waals surface area contributed by atoms with Gasteiger partial charge in [0.2, 0.25) is 5.91 Å². The van der Waals surface area contributed by atoms with Gasteiger partial charge in [0.05, 0.1) is 53.7 Å². The maximum absolute atomic E-state index is 13.8. The van der Waals surface area contributed by atoms with Crippen LogP contribution < -0.4 is 10.9 Å². The van der Waals surface area contributed by atoms with Gasteiger partial charge in [0, 0.05) is 40.4 Å². The summed E-state index contributed by atoms with van der Waals surface area (Å²) in [6.45, 7) is 1.89. The number of carbonyl (C=O) groups excluding carboxylic acids is 1. The highest BCUT2D eigenvalue weighted by Crippen LogP contribution is 2.33. The highest BCUT2D eigenvalue weighted by molar-refractivity contribution is 6.31. The fourth-order valence-corrected chi connectivity index (χ4v) is 5.75. The van der Waals surface area contributed by atoms with E-state index in [1.165, 1.54) is 17.1 Å². The van der Waals surface area contributed by atoms with Crippen LogP contribution in [0.15, 0.2) is 78.4 Å². The number of fused-ring (bicyclic) bond motifs is 4. The molecular formula is C30H25Cl2N11O2. The number of carbonyl (C=O) groups is 1. The Labute approximate surface area is 265 Å². The van der Waals surface area contributed by atoms with Crippen molar-refractivity contribution in [3.63, 3.8) is 0 Å². The van der Waals surface area contributed by atoms with E-state index in [2.05, 4.69) is 35.8 Å². The van der Waals surface area contributed by atoms with Gasteiger partial charge in [-0.2, -0.15) is 10.2 Å². The number of hydrogen-bond donors (Lipinski definition) is 2. The minimum Gasteiger partial charge on any atom is -0.323 e. The zero-order chi connectivity index (χ0) is 31.1. The molecule has 6 heterocycles. The molecule has 15 heteroatoms. The summed E-state index contributed by atoms with van der Waals surface area (Å²) < 4.78 is 4.71. The van der Waals surface area contributed by atoms with Crippen LogP contribution in [0.4, 0.5) is 5.69 Å². The number of nitrogens with zero attached hydrogens (tertiary/aromatic N) is 9. The van der Waals surface area contributed by atoms with Gasteiger partial charge in [0.1, 0.15) is 11.5 Å². The van der Waals surface area contributed by atoms with Crippen molar-refractivity contribution in [2.45, 2.75) is 32.2 Å². The van der Waals surface area contributed by atoms with Crippen molar-refractivity contribution < 1.29 is 4.79 Å². The molecule has 1 amide bonds. The number of pyridine rings is 1. The van der Waals surface area contributed by atoms with Crippen LogP contribution in [0.25, 0.3) is 34.0 Å². The molecule has 6 aromatic rings. The number of aromatic nitrogens is 10. The number of H-pyrrole nitrogens is 1. The van der Waals surface area contributed by atoms with Crippen molar-refractivity contribution in [1.29, 1.82) is 0 Å². The van der Waals surface area contributed by atoms with Gasteiger partial charge in [-0.1, -0.05) is 41.8 Å². The first kappa shape index (κ1) is 28.6. The lowest BCUT2D eigenvalue weighted by molar-refractivity contribution is -0.119. The second kappa shape index (κ2) is 11.7. The second-order valence-corrected chi connectivity index (χ2v) is 11.6. The summed E-state index contributed by atoms with van der Waals surface area (Å²) in [5, 5.41) is 23.3. The van der Waals surface area contributed by atoms with Crippen LogP contribution in [0.3, 0.4) is 0 Å². The summed E-state index contributed by atoms with van der Waals surface area (Å²) in [6.07, 6.45) is 9.99. The van der Waals surface area contributed by atoms with E-state index in [-0.39, 0.29) is 22.5 Å². The van der Waals surface area contributed by atoms with E-state index in [1.54, 1.807) is 58.3 Å². The molecule has 13 nitrogen and oxygen atoms in total. The Bertz CT molecular complexity index is 2080. The zero-order valence-corrected chi connectivity index (χ0v) is 25.3. The van der Waals surface area contributed by atoms with E-state index in [4.69, 9.17) is 28.3 Å². The van der Waals surface area contributed by atoms with E-state index in [0.29, 0.717) is 64.1 Å². The van der Waals surface area contributed by atoms with E-state index >= 15 is 0 Å². The van der Waals surface area contributed by atoms with E-state index in [0.717, 1.165) is 5.56 Å². The van der Waals surface area contributed by atoms with Crippen LogP contribution in [-0.4, -0.2) is 55.4 Å². The van der Waals surface area contributed by atoms with E-state index in [9.17, 15) is 9.59 Å². The van der Waals surface area contributed by atoms with Crippen LogP contribution in [0.5, 0.6) is 0 Å². The fourth-order valence-electron chi connectivity index (χ4n) is 5.46. The van der Waals surface area contributed by atoms with Gasteiger partial charge in [-0.15, -0.1) is 5.10 Å². The Morgan fingerprint density at radius 1 is 0.956 bits per heavy atom. The monoisotopic (exact) mass is 641 g/mol. The molecule has 0 aliphatic carbocycles. The summed E-state index contributed by atoms with van der Waals surface area (Å²) in [6, 6.07) is 11.7. The minimum atomic E-state index is -0.445. The van der Waals surface area contributed by atoms with Crippen LogP contribution in [0.1, 0.15) is 37.9 Å². The van der Waals surface area contributed by atoms with Crippen molar-refractivity contribution in [3.8, 4) is 34.0 Å². The summed E-state index contributed by atoms with van der Waals surface area (Å²) >= 11 is 12.3. The molecule has 0 saturated carbocycles. The largest absolute Gasteiger partial charge is 0.323 e. The molecule has 5 aromatic heterocycles. The van der Waals surface area contributed by atoms with Gasteiger partial charge in [-0.05, 0) is 43.2 Å². The maximum atomic E-state index is 13.8. The van der Waals surface area contributed by atoms with Gasteiger partial charge >= 0.3 is 0 Å². The van der Waals surface area contributed by atoms with Crippen LogP contribution in [-0.2, 0) is 4.79 Å². The summed E-state index contributed by atoms with van der Waals surface area (Å²) in [7, 11) is 0. The summed E-state index contributed by atoms with van der Waals surface area (Å²) in [5.74, 6) is 0.262. The Hall–Kier alpha value is -5.14. The first-order chi connectivity index (χ1) is 21.8. The molecule has 2 atom stereocenters. The van der Waals surface area contributed by atoms with Gasteiger partial charge in [0.25, 0.3) is 5.56 Å². The predicted molar refractivity (Wildman–Crippen MR) is 168 cm³/mol. The molecule has 1 aliphatic heterocycles. The average molecular weight is 643 g/mol. The summed E-state index contributed by atoms with van der Waals surface area (Å²) in [4.78, 5) is 36.3. The normalized spacial score (nSPS) is 16.8. The minimum absolute atomic E-state index is 0.110. The lowest BCUT2D eigenvalue weighted by Crippen LogP contribution is -2.27. The van der Waals surface area contributed by atoms with E-state index in [1.807, 2.05) is 19.1 Å². The standard InChI is InChI=1S/C30H25Cl2N11O2/c1-17-3-2-4-25(22-11-18(7-9-33-22)29-23(36-30(17)45)14-43(39-29)27-8-10-35-38-27)41-16-34-21(13-28(41)44)20-12-19(31)5-6-24(20)42-15-26(32)37-40-42/h5-17,25H,2-4H2,1H3,(H,35,38)(H,36,45). The molecule has 45 heavy (non-hydrogen) atoms. The first-order valence-electron chi connectivity index (χ1n) is 14.2. The number of halogens is 2. The third-order valence-corrected chi connectivity index (χ3v) is 8.19. The molecule has 2 N–H and O–H groups in total. The maximum Gasteiger partial charge on any atom is 0.254 e. The smallest absolute Gasteiger partial charge is 0.254 e. The number of amides is 1. The summed E-state index contributed by atoms with van der Waals surface area (Å²) in [5.41, 5.74) is 3.87. The molecule has 0 radical (unpaired) electrons. The van der Waals surface area contributed by atoms with Crippen molar-refractivity contribution >= 4 is 34.8 Å². The van der Waals surface area contributed by atoms with Gasteiger partial charge in [-0.25, -0.2) is 14.3 Å². The van der Waals surface area contributed by atoms with Crippen LogP contribution in [0, 0.1) is 5.92 Å². The number of nitrogens with one attached hydrogen (secondary N) is 2. The first-order valence-corrected chi connectivity index (χ1v) is 14.9. The lowest BCUT2D eigenvalue weighted by Gasteiger charge is -2.22. The highest BCUT2D eigenvalue weighted by atomic mass is 35.5. The third kappa shape index (κ3) is 5.63. The fraction of sp³-hybridized carbons (Fsp3) is 0.200. The SMILES string of the molecule is CC1CCCC(n2cnc(-c3cc(Cl)ccc3-n3cc(Cl)nn3)cc2=O)c2cc(ccn2)-c2nn(-c3ccn[nH]3)cc2NC1=O.